The Kier molecular flexibility index (Phi) is 31.0. The van der Waals surface area contributed by atoms with Gasteiger partial charge in [0.2, 0.25) is 0 Å². The maximum atomic E-state index is 12.7. The number of esters is 2. The fourth-order valence-corrected chi connectivity index (χ4v) is 7.84. The molecule has 15 nitrogen and oxygen atoms in total. The van der Waals surface area contributed by atoms with E-state index in [0.717, 1.165) is 50.4 Å². The number of aliphatic hydroxyl groups is 7. The Morgan fingerprint density at radius 1 is 0.532 bits per heavy atom. The number of unbranched alkanes of at least 4 members (excludes halogenated alkanes) is 16. The molecule has 0 bridgehead atoms. The van der Waals surface area contributed by atoms with Crippen molar-refractivity contribution in [2.75, 3.05) is 26.4 Å². The molecule has 2 rings (SSSR count). The summed E-state index contributed by atoms with van der Waals surface area (Å²) in [5, 5.41) is 73.7. The molecular formula is C47H88O15. The van der Waals surface area contributed by atoms with Crippen molar-refractivity contribution in [2.24, 2.45) is 11.8 Å². The Morgan fingerprint density at radius 2 is 0.984 bits per heavy atom. The zero-order valence-electron chi connectivity index (χ0n) is 38.7. The summed E-state index contributed by atoms with van der Waals surface area (Å²) < 4.78 is 33.3. The van der Waals surface area contributed by atoms with Gasteiger partial charge in [0.15, 0.2) is 12.6 Å². The molecule has 2 fully saturated rings. The second-order valence-electron chi connectivity index (χ2n) is 18.1. The van der Waals surface area contributed by atoms with Gasteiger partial charge in [-0.05, 0) is 24.7 Å². The molecule has 366 valence electrons. The van der Waals surface area contributed by atoms with E-state index in [-0.39, 0.29) is 19.4 Å². The van der Waals surface area contributed by atoms with Gasteiger partial charge >= 0.3 is 11.9 Å². The summed E-state index contributed by atoms with van der Waals surface area (Å²) in [5.41, 5.74) is 0. The molecular weight excluding hydrogens is 805 g/mol. The maximum absolute atomic E-state index is 12.7. The summed E-state index contributed by atoms with van der Waals surface area (Å²) in [6, 6.07) is 0. The highest BCUT2D eigenvalue weighted by molar-refractivity contribution is 5.69. The third-order valence-electron chi connectivity index (χ3n) is 12.6. The molecule has 0 aromatic carbocycles. The fraction of sp³-hybridized carbons (Fsp3) is 0.957. The second kappa shape index (κ2) is 33.9. The van der Waals surface area contributed by atoms with E-state index >= 15 is 0 Å². The fourth-order valence-electron chi connectivity index (χ4n) is 7.84. The quantitative estimate of drug-likeness (QED) is 0.0293. The zero-order chi connectivity index (χ0) is 45.7. The van der Waals surface area contributed by atoms with Crippen LogP contribution in [0.3, 0.4) is 0 Å². The number of carbonyl (C=O) groups excluding carboxylic acids is 2. The van der Waals surface area contributed by atoms with Gasteiger partial charge in [-0.2, -0.15) is 0 Å². The summed E-state index contributed by atoms with van der Waals surface area (Å²) in [5.74, 6) is 0.655. The minimum absolute atomic E-state index is 0.162. The smallest absolute Gasteiger partial charge is 0.305 e. The second-order valence-corrected chi connectivity index (χ2v) is 18.1. The largest absolute Gasteiger partial charge is 0.463 e. The van der Waals surface area contributed by atoms with Gasteiger partial charge in [0.05, 0.1) is 13.2 Å². The first-order chi connectivity index (χ1) is 29.8. The van der Waals surface area contributed by atoms with Gasteiger partial charge in [-0.3, -0.25) is 9.59 Å². The molecule has 62 heavy (non-hydrogen) atoms. The van der Waals surface area contributed by atoms with Crippen molar-refractivity contribution < 1.29 is 73.8 Å². The van der Waals surface area contributed by atoms with Crippen molar-refractivity contribution in [2.45, 2.75) is 249 Å². The third-order valence-corrected chi connectivity index (χ3v) is 12.6. The molecule has 2 aliphatic rings. The molecule has 0 aromatic heterocycles. The maximum Gasteiger partial charge on any atom is 0.305 e. The Balaban J connectivity index is 1.79. The highest BCUT2D eigenvalue weighted by Crippen LogP contribution is 2.30. The first-order valence-electron chi connectivity index (χ1n) is 24.4. The Bertz CT molecular complexity index is 1130. The van der Waals surface area contributed by atoms with E-state index in [4.69, 9.17) is 28.4 Å². The van der Waals surface area contributed by atoms with E-state index in [1.165, 1.54) is 89.9 Å². The van der Waals surface area contributed by atoms with E-state index in [1.54, 1.807) is 0 Å². The van der Waals surface area contributed by atoms with Crippen LogP contribution in [0.4, 0.5) is 0 Å². The van der Waals surface area contributed by atoms with Gasteiger partial charge in [-0.25, -0.2) is 0 Å². The first kappa shape index (κ1) is 56.6. The Labute approximate surface area is 372 Å². The van der Waals surface area contributed by atoms with Crippen molar-refractivity contribution in [3.8, 4) is 0 Å². The number of carbonyl (C=O) groups is 2. The molecule has 15 heteroatoms. The van der Waals surface area contributed by atoms with E-state index in [9.17, 15) is 45.3 Å². The number of rotatable bonds is 36. The normalized spacial score (nSPS) is 28.0. The summed E-state index contributed by atoms with van der Waals surface area (Å²) in [4.78, 5) is 25.0. The molecule has 7 N–H and O–H groups in total. The van der Waals surface area contributed by atoms with Crippen LogP contribution in [0.25, 0.3) is 0 Å². The van der Waals surface area contributed by atoms with Gasteiger partial charge in [-0.15, -0.1) is 0 Å². The van der Waals surface area contributed by atoms with E-state index in [0.29, 0.717) is 12.8 Å². The third kappa shape index (κ3) is 23.1. The predicted molar refractivity (Wildman–Crippen MR) is 234 cm³/mol. The molecule has 0 radical (unpaired) electrons. The van der Waals surface area contributed by atoms with Crippen LogP contribution >= 0.6 is 0 Å². The number of hydrogen-bond donors (Lipinski definition) is 7. The average molecular weight is 893 g/mol. The van der Waals surface area contributed by atoms with Crippen LogP contribution in [0.1, 0.15) is 182 Å². The minimum Gasteiger partial charge on any atom is -0.463 e. The van der Waals surface area contributed by atoms with Gasteiger partial charge in [0, 0.05) is 12.8 Å². The van der Waals surface area contributed by atoms with Gasteiger partial charge in [0.1, 0.15) is 68.1 Å². The van der Waals surface area contributed by atoms with Crippen LogP contribution in [0.5, 0.6) is 0 Å². The lowest BCUT2D eigenvalue weighted by Crippen LogP contribution is -2.65. The van der Waals surface area contributed by atoms with Gasteiger partial charge < -0.3 is 64.2 Å². The zero-order valence-corrected chi connectivity index (χ0v) is 38.7. The molecule has 13 atom stereocenters. The predicted octanol–water partition coefficient (Wildman–Crippen LogP) is 5.76. The topological polar surface area (TPSA) is 231 Å². The number of ether oxygens (including phenoxy) is 6. The van der Waals surface area contributed by atoms with Crippen LogP contribution in [-0.4, -0.2) is 142 Å². The van der Waals surface area contributed by atoms with Crippen LogP contribution < -0.4 is 0 Å². The highest BCUT2D eigenvalue weighted by Gasteiger charge is 2.51. The summed E-state index contributed by atoms with van der Waals surface area (Å²) >= 11 is 0. The summed E-state index contributed by atoms with van der Waals surface area (Å²) in [7, 11) is 0. The molecule has 0 aliphatic carbocycles. The lowest BCUT2D eigenvalue weighted by atomic mass is 9.97. The SMILES string of the molecule is CCC(C)CCCCCCCCCCCCC(=O)OC[C@H](O)CO[C@H]1O[C@H](COC(=O)CCCCCCCCCCC(C)CC)[C@@H](O)[C@H](O[C@H]2O[C@H](CO)[C@@H](O)[C@H](O)[C@H]2O)[C@@H]1O. The van der Waals surface area contributed by atoms with Crippen LogP contribution in [-0.2, 0) is 38.0 Å². The Morgan fingerprint density at radius 3 is 1.47 bits per heavy atom. The summed E-state index contributed by atoms with van der Waals surface area (Å²) in [6.45, 7) is 7.09. The van der Waals surface area contributed by atoms with Crippen LogP contribution in [0.2, 0.25) is 0 Å². The van der Waals surface area contributed by atoms with Crippen molar-refractivity contribution in [1.29, 1.82) is 0 Å². The van der Waals surface area contributed by atoms with Crippen LogP contribution in [0, 0.1) is 11.8 Å². The van der Waals surface area contributed by atoms with Crippen molar-refractivity contribution in [3.05, 3.63) is 0 Å². The molecule has 2 saturated heterocycles. The van der Waals surface area contributed by atoms with Gasteiger partial charge in [-0.1, -0.05) is 156 Å². The van der Waals surface area contributed by atoms with Crippen molar-refractivity contribution in [1.82, 2.24) is 0 Å². The van der Waals surface area contributed by atoms with E-state index in [2.05, 4.69) is 27.7 Å². The number of aliphatic hydroxyl groups excluding tert-OH is 7. The molecule has 0 amide bonds. The minimum atomic E-state index is -1.83. The van der Waals surface area contributed by atoms with E-state index in [1.807, 2.05) is 0 Å². The average Bonchev–Trinajstić information content (AvgIpc) is 3.26. The lowest BCUT2D eigenvalue weighted by molar-refractivity contribution is -0.361. The standard InChI is InChI=1S/C47H88O15/c1-5-33(3)25-21-17-13-9-7-8-10-15-19-23-27-38(50)57-30-35(49)31-59-46-44(56)45(62-47-43(55)42(54)40(52)36(29-48)60-47)41(53)37(61-46)32-58-39(51)28-24-20-16-12-11-14-18-22-26-34(4)6-2/h33-37,40-49,52-56H,5-32H2,1-4H3/t33?,34?,35-,36+,37+,40+,41+,42-,43+,44-,45-,46-,47+/m0/s1. The van der Waals surface area contributed by atoms with Crippen LogP contribution in [0.15, 0.2) is 0 Å². The Hall–Kier alpha value is -1.50. The van der Waals surface area contributed by atoms with Gasteiger partial charge in [0.25, 0.3) is 0 Å². The molecule has 0 saturated carbocycles. The van der Waals surface area contributed by atoms with E-state index < -0.39 is 99.3 Å². The molecule has 2 heterocycles. The highest BCUT2D eigenvalue weighted by atomic mass is 16.7. The summed E-state index contributed by atoms with van der Waals surface area (Å²) in [6.07, 6.45) is 7.93. The molecule has 2 unspecified atom stereocenters. The lowest BCUT2D eigenvalue weighted by Gasteiger charge is -2.46. The molecule has 2 aliphatic heterocycles. The first-order valence-corrected chi connectivity index (χ1v) is 24.4. The molecule has 0 spiro atoms. The monoisotopic (exact) mass is 893 g/mol. The van der Waals surface area contributed by atoms with Crippen molar-refractivity contribution >= 4 is 11.9 Å². The van der Waals surface area contributed by atoms with Crippen molar-refractivity contribution in [3.63, 3.8) is 0 Å². The molecule has 0 aromatic rings. The number of hydrogen-bond acceptors (Lipinski definition) is 15.